The Kier molecular flexibility index (Phi) is 5.49. The second-order valence-corrected chi connectivity index (χ2v) is 5.13. The van der Waals surface area contributed by atoms with E-state index in [0.717, 1.165) is 11.3 Å². The van der Waals surface area contributed by atoms with Crippen LogP contribution >= 0.6 is 0 Å². The molecule has 0 spiro atoms. The molecule has 116 valence electrons. The van der Waals surface area contributed by atoms with E-state index in [2.05, 4.69) is 10.3 Å². The molecule has 2 N–H and O–H groups in total. The summed E-state index contributed by atoms with van der Waals surface area (Å²) < 4.78 is 5.12. The van der Waals surface area contributed by atoms with E-state index in [1.165, 1.54) is 0 Å². The Morgan fingerprint density at radius 1 is 1.32 bits per heavy atom. The Hall–Kier alpha value is -2.40. The summed E-state index contributed by atoms with van der Waals surface area (Å²) in [5.41, 5.74) is 2.27. The monoisotopic (exact) mass is 300 g/mol. The van der Waals surface area contributed by atoms with Gasteiger partial charge in [-0.15, -0.1) is 0 Å². The second kappa shape index (κ2) is 7.56. The van der Waals surface area contributed by atoms with Crippen molar-refractivity contribution in [3.8, 4) is 5.75 Å². The van der Waals surface area contributed by atoms with Crippen LogP contribution in [0.5, 0.6) is 5.75 Å². The first kappa shape index (κ1) is 16.0. The highest BCUT2D eigenvalue weighted by atomic mass is 16.5. The Labute approximate surface area is 130 Å². The molecule has 1 aromatic heterocycles. The number of carbonyl (C=O) groups is 1. The number of amides is 1. The van der Waals surface area contributed by atoms with E-state index < -0.39 is 0 Å². The smallest absolute Gasteiger partial charge is 0.227 e. The Balaban J connectivity index is 1.99. The normalized spacial score (nSPS) is 11.8. The largest absolute Gasteiger partial charge is 0.497 e. The number of pyridine rings is 1. The van der Waals surface area contributed by atoms with E-state index in [4.69, 9.17) is 4.74 Å². The van der Waals surface area contributed by atoms with Crippen molar-refractivity contribution in [2.75, 3.05) is 12.4 Å². The Morgan fingerprint density at radius 2 is 2.05 bits per heavy atom. The van der Waals surface area contributed by atoms with Gasteiger partial charge >= 0.3 is 0 Å². The fourth-order valence-electron chi connectivity index (χ4n) is 2.14. The number of anilines is 1. The maximum atomic E-state index is 12.3. The van der Waals surface area contributed by atoms with Crippen molar-refractivity contribution in [3.63, 3.8) is 0 Å². The van der Waals surface area contributed by atoms with Crippen LogP contribution in [0.2, 0.25) is 0 Å². The zero-order valence-electron chi connectivity index (χ0n) is 12.7. The highest BCUT2D eigenvalue weighted by Gasteiger charge is 2.15. The van der Waals surface area contributed by atoms with Crippen LogP contribution in [-0.4, -0.2) is 23.1 Å². The molecule has 1 heterocycles. The van der Waals surface area contributed by atoms with Crippen molar-refractivity contribution in [3.05, 3.63) is 53.9 Å². The molecule has 1 unspecified atom stereocenters. The molecule has 0 aliphatic carbocycles. The number of rotatable bonds is 6. The average Bonchev–Trinajstić information content (AvgIpc) is 2.56. The van der Waals surface area contributed by atoms with Gasteiger partial charge in [0.05, 0.1) is 25.6 Å². The van der Waals surface area contributed by atoms with Crippen LogP contribution in [0.3, 0.4) is 0 Å². The molecule has 0 aliphatic heterocycles. The van der Waals surface area contributed by atoms with Crippen LogP contribution in [0.15, 0.2) is 42.7 Å². The maximum absolute atomic E-state index is 12.3. The number of aliphatic hydroxyl groups excluding tert-OH is 1. The topological polar surface area (TPSA) is 71.5 Å². The molecule has 0 radical (unpaired) electrons. The zero-order valence-corrected chi connectivity index (χ0v) is 12.7. The van der Waals surface area contributed by atoms with Gasteiger partial charge in [-0.25, -0.2) is 0 Å². The summed E-state index contributed by atoms with van der Waals surface area (Å²) in [6.07, 6.45) is 3.76. The van der Waals surface area contributed by atoms with E-state index in [9.17, 15) is 9.90 Å². The minimum Gasteiger partial charge on any atom is -0.497 e. The lowest BCUT2D eigenvalue weighted by Crippen LogP contribution is -2.23. The molecule has 1 aromatic carbocycles. The Bertz CT molecular complexity index is 626. The van der Waals surface area contributed by atoms with Gasteiger partial charge in [-0.05, 0) is 30.2 Å². The molecule has 1 amide bonds. The van der Waals surface area contributed by atoms with Gasteiger partial charge in [0.2, 0.25) is 5.91 Å². The molecule has 2 aromatic rings. The van der Waals surface area contributed by atoms with Crippen LogP contribution in [0.4, 0.5) is 5.69 Å². The quantitative estimate of drug-likeness (QED) is 0.859. The van der Waals surface area contributed by atoms with Gasteiger partial charge in [0, 0.05) is 17.7 Å². The molecular formula is C17H20N2O3. The van der Waals surface area contributed by atoms with E-state index >= 15 is 0 Å². The first-order chi connectivity index (χ1) is 10.6. The third kappa shape index (κ3) is 4.05. The number of nitrogens with zero attached hydrogens (tertiary/aromatic N) is 1. The first-order valence-corrected chi connectivity index (χ1v) is 7.11. The van der Waals surface area contributed by atoms with Gasteiger partial charge in [-0.1, -0.05) is 19.1 Å². The number of hydrogen-bond acceptors (Lipinski definition) is 4. The predicted octanol–water partition coefficient (Wildman–Crippen LogP) is 2.40. The molecule has 5 nitrogen and oxygen atoms in total. The molecule has 0 aliphatic rings. The molecule has 2 rings (SSSR count). The van der Waals surface area contributed by atoms with E-state index in [-0.39, 0.29) is 18.4 Å². The van der Waals surface area contributed by atoms with Crippen molar-refractivity contribution in [1.29, 1.82) is 0 Å². The fourth-order valence-corrected chi connectivity index (χ4v) is 2.14. The number of carbonyl (C=O) groups excluding carboxylic acids is 1. The van der Waals surface area contributed by atoms with Gasteiger partial charge in [0.15, 0.2) is 0 Å². The summed E-state index contributed by atoms with van der Waals surface area (Å²) >= 11 is 0. The van der Waals surface area contributed by atoms with Gasteiger partial charge in [-0.2, -0.15) is 0 Å². The van der Waals surface area contributed by atoms with Crippen LogP contribution in [0, 0.1) is 5.92 Å². The summed E-state index contributed by atoms with van der Waals surface area (Å²) in [6.45, 7) is 1.74. The molecule has 0 saturated heterocycles. The number of aromatic nitrogens is 1. The van der Waals surface area contributed by atoms with Gasteiger partial charge < -0.3 is 15.2 Å². The van der Waals surface area contributed by atoms with Crippen LogP contribution in [0.25, 0.3) is 0 Å². The van der Waals surface area contributed by atoms with Crippen LogP contribution in [-0.2, 0) is 17.8 Å². The van der Waals surface area contributed by atoms with Crippen molar-refractivity contribution in [2.45, 2.75) is 20.0 Å². The number of hydrogen-bond donors (Lipinski definition) is 2. The summed E-state index contributed by atoms with van der Waals surface area (Å²) in [5, 5.41) is 12.1. The van der Waals surface area contributed by atoms with Gasteiger partial charge in [0.1, 0.15) is 5.75 Å². The lowest BCUT2D eigenvalue weighted by Gasteiger charge is -2.14. The average molecular weight is 300 g/mol. The van der Waals surface area contributed by atoms with Crippen molar-refractivity contribution < 1.29 is 14.6 Å². The summed E-state index contributed by atoms with van der Waals surface area (Å²) in [7, 11) is 1.62. The van der Waals surface area contributed by atoms with Crippen molar-refractivity contribution >= 4 is 11.6 Å². The van der Waals surface area contributed by atoms with Crippen LogP contribution < -0.4 is 10.1 Å². The molecule has 22 heavy (non-hydrogen) atoms. The second-order valence-electron chi connectivity index (χ2n) is 5.13. The van der Waals surface area contributed by atoms with E-state index in [0.29, 0.717) is 17.7 Å². The standard InChI is InChI=1S/C17H20N2O3/c1-12(9-13-3-5-15(22-2)6-4-13)17(21)19-16-10-18-8-7-14(16)11-20/h3-8,10,12,20H,9,11H2,1-2H3,(H,19,21). The number of ether oxygens (including phenoxy) is 1. The fraction of sp³-hybridized carbons (Fsp3) is 0.294. The van der Waals surface area contributed by atoms with E-state index in [1.54, 1.807) is 25.6 Å². The molecule has 0 fully saturated rings. The van der Waals surface area contributed by atoms with Crippen molar-refractivity contribution in [1.82, 2.24) is 4.98 Å². The zero-order chi connectivity index (χ0) is 15.9. The highest BCUT2D eigenvalue weighted by Crippen LogP contribution is 2.18. The molecule has 5 heteroatoms. The lowest BCUT2D eigenvalue weighted by molar-refractivity contribution is -0.119. The van der Waals surface area contributed by atoms with Gasteiger partial charge in [-0.3, -0.25) is 9.78 Å². The third-order valence-corrected chi connectivity index (χ3v) is 3.49. The minimum atomic E-state index is -0.194. The number of methoxy groups -OCH3 is 1. The summed E-state index contributed by atoms with van der Waals surface area (Å²) in [5.74, 6) is 0.502. The molecule has 0 saturated carbocycles. The number of benzene rings is 1. The predicted molar refractivity (Wildman–Crippen MR) is 84.7 cm³/mol. The SMILES string of the molecule is COc1ccc(CC(C)C(=O)Nc2cnccc2CO)cc1. The number of aliphatic hydroxyl groups is 1. The molecule has 0 bridgehead atoms. The summed E-state index contributed by atoms with van der Waals surface area (Å²) in [4.78, 5) is 16.2. The Morgan fingerprint density at radius 3 is 2.68 bits per heavy atom. The minimum absolute atomic E-state index is 0.0986. The van der Waals surface area contributed by atoms with Crippen molar-refractivity contribution in [2.24, 2.45) is 5.92 Å². The third-order valence-electron chi connectivity index (χ3n) is 3.49. The van der Waals surface area contributed by atoms with E-state index in [1.807, 2.05) is 31.2 Å². The highest BCUT2D eigenvalue weighted by molar-refractivity contribution is 5.93. The molecular weight excluding hydrogens is 280 g/mol. The molecule has 1 atom stereocenters. The summed E-state index contributed by atoms with van der Waals surface area (Å²) in [6, 6.07) is 9.34. The first-order valence-electron chi connectivity index (χ1n) is 7.11. The van der Waals surface area contributed by atoms with Crippen LogP contribution in [0.1, 0.15) is 18.1 Å². The van der Waals surface area contributed by atoms with Gasteiger partial charge in [0.25, 0.3) is 0 Å². The maximum Gasteiger partial charge on any atom is 0.227 e. The lowest BCUT2D eigenvalue weighted by atomic mass is 10.00. The number of nitrogens with one attached hydrogen (secondary N) is 1.